The Balaban J connectivity index is 1.68. The summed E-state index contributed by atoms with van der Waals surface area (Å²) in [5.74, 6) is 0.315. The SMILES string of the molecule is C[C@@H]1COCc2cc(c3nnn(C)c3c2)Nc2ccc3ncc(n3n2)C(=O)N1. The van der Waals surface area contributed by atoms with Gasteiger partial charge in [-0.25, -0.2) is 14.2 Å². The van der Waals surface area contributed by atoms with Crippen molar-refractivity contribution in [1.29, 1.82) is 0 Å². The van der Waals surface area contributed by atoms with E-state index in [0.717, 1.165) is 22.3 Å². The Hall–Kier alpha value is -3.53. The number of fused-ring (bicyclic) bond motifs is 5. The summed E-state index contributed by atoms with van der Waals surface area (Å²) >= 11 is 0. The summed E-state index contributed by atoms with van der Waals surface area (Å²) in [6.45, 7) is 2.68. The zero-order chi connectivity index (χ0) is 19.3. The van der Waals surface area contributed by atoms with Crippen LogP contribution >= 0.6 is 0 Å². The summed E-state index contributed by atoms with van der Waals surface area (Å²) in [5, 5.41) is 19.1. The maximum absolute atomic E-state index is 12.6. The molecule has 2 N–H and O–H groups in total. The molecule has 1 atom stereocenters. The number of imidazole rings is 1. The first-order valence-corrected chi connectivity index (χ1v) is 8.91. The van der Waals surface area contributed by atoms with Crippen LogP contribution in [0.1, 0.15) is 23.0 Å². The molecular weight excluding hydrogens is 360 g/mol. The fourth-order valence-electron chi connectivity index (χ4n) is 3.29. The second kappa shape index (κ2) is 6.27. The molecule has 1 amide bonds. The van der Waals surface area contributed by atoms with Gasteiger partial charge in [0, 0.05) is 13.1 Å². The van der Waals surface area contributed by atoms with E-state index in [1.165, 1.54) is 10.7 Å². The Morgan fingerprint density at radius 3 is 3.07 bits per heavy atom. The van der Waals surface area contributed by atoms with Gasteiger partial charge in [-0.2, -0.15) is 0 Å². The third kappa shape index (κ3) is 2.74. The van der Waals surface area contributed by atoms with E-state index in [0.29, 0.717) is 30.4 Å². The number of anilines is 2. The van der Waals surface area contributed by atoms with Crippen molar-refractivity contribution in [2.75, 3.05) is 11.9 Å². The van der Waals surface area contributed by atoms with Gasteiger partial charge in [-0.1, -0.05) is 5.21 Å². The van der Waals surface area contributed by atoms with E-state index in [1.54, 1.807) is 4.68 Å². The molecule has 10 nitrogen and oxygen atoms in total. The number of rotatable bonds is 0. The number of amides is 1. The number of nitrogens with zero attached hydrogens (tertiary/aromatic N) is 6. The molecule has 1 aromatic carbocycles. The molecule has 10 heteroatoms. The lowest BCUT2D eigenvalue weighted by Gasteiger charge is -2.16. The van der Waals surface area contributed by atoms with Crippen LogP contribution in [-0.2, 0) is 18.4 Å². The Morgan fingerprint density at radius 1 is 1.29 bits per heavy atom. The first-order chi connectivity index (χ1) is 13.6. The number of benzene rings is 1. The van der Waals surface area contributed by atoms with Crippen molar-refractivity contribution in [2.24, 2.45) is 7.05 Å². The van der Waals surface area contributed by atoms with Crippen molar-refractivity contribution < 1.29 is 9.53 Å². The minimum absolute atomic E-state index is 0.163. The minimum atomic E-state index is -0.250. The van der Waals surface area contributed by atoms with Crippen molar-refractivity contribution in [1.82, 2.24) is 34.9 Å². The maximum Gasteiger partial charge on any atom is 0.271 e. The van der Waals surface area contributed by atoms with Gasteiger partial charge in [0.25, 0.3) is 5.91 Å². The van der Waals surface area contributed by atoms with E-state index in [1.807, 2.05) is 38.2 Å². The molecule has 0 radical (unpaired) electrons. The molecule has 4 aromatic rings. The normalized spacial score (nSPS) is 17.5. The highest BCUT2D eigenvalue weighted by molar-refractivity contribution is 5.93. The summed E-state index contributed by atoms with van der Waals surface area (Å²) < 4.78 is 9.06. The highest BCUT2D eigenvalue weighted by Gasteiger charge is 2.18. The van der Waals surface area contributed by atoms with Crippen LogP contribution in [-0.4, -0.2) is 48.1 Å². The molecule has 0 aliphatic carbocycles. The van der Waals surface area contributed by atoms with Crippen molar-refractivity contribution in [3.05, 3.63) is 41.7 Å². The lowest BCUT2D eigenvalue weighted by Crippen LogP contribution is -2.36. The van der Waals surface area contributed by atoms with Crippen LogP contribution in [0.25, 0.3) is 16.7 Å². The molecule has 142 valence electrons. The number of ether oxygens (including phenoxy) is 1. The van der Waals surface area contributed by atoms with Crippen LogP contribution in [0.4, 0.5) is 11.5 Å². The van der Waals surface area contributed by atoms with Crippen LogP contribution in [0, 0.1) is 0 Å². The average Bonchev–Trinajstić information content (AvgIpc) is 3.25. The molecule has 3 aromatic heterocycles. The lowest BCUT2D eigenvalue weighted by atomic mass is 10.1. The molecule has 1 aliphatic heterocycles. The Morgan fingerprint density at radius 2 is 2.18 bits per heavy atom. The van der Waals surface area contributed by atoms with E-state index in [4.69, 9.17) is 4.74 Å². The molecule has 1 aliphatic rings. The van der Waals surface area contributed by atoms with Gasteiger partial charge in [0.1, 0.15) is 5.52 Å². The third-order valence-corrected chi connectivity index (χ3v) is 4.65. The number of carbonyl (C=O) groups is 1. The molecular formula is C18H18N8O2. The maximum atomic E-state index is 12.6. The number of hydrogen-bond donors (Lipinski definition) is 2. The van der Waals surface area contributed by atoms with E-state index >= 15 is 0 Å². The summed E-state index contributed by atoms with van der Waals surface area (Å²) in [4.78, 5) is 16.9. The largest absolute Gasteiger partial charge is 0.375 e. The minimum Gasteiger partial charge on any atom is -0.375 e. The predicted molar refractivity (Wildman–Crippen MR) is 101 cm³/mol. The smallest absolute Gasteiger partial charge is 0.271 e. The number of carbonyl (C=O) groups excluding carboxylic acids is 1. The number of nitrogens with one attached hydrogen (secondary N) is 2. The van der Waals surface area contributed by atoms with Crippen molar-refractivity contribution in [3.8, 4) is 0 Å². The van der Waals surface area contributed by atoms with Gasteiger partial charge in [0.05, 0.1) is 30.6 Å². The second-order valence-electron chi connectivity index (χ2n) is 6.87. The van der Waals surface area contributed by atoms with Crippen LogP contribution < -0.4 is 10.6 Å². The highest BCUT2D eigenvalue weighted by atomic mass is 16.5. The Kier molecular flexibility index (Phi) is 3.72. The lowest BCUT2D eigenvalue weighted by molar-refractivity contribution is 0.0815. The standard InChI is InChI=1S/C18H18N8O2/c1-10-8-28-9-11-5-12(17-13(6-11)25(2)24-22-17)21-15-3-4-16-19-7-14(18(27)20-10)26(16)23-15/h3-7,10H,8-9H2,1-2H3,(H,20,27)(H,21,23)/t10-/m1/s1. The van der Waals surface area contributed by atoms with Crippen LogP contribution in [0.2, 0.25) is 0 Å². The first kappa shape index (κ1) is 16.6. The van der Waals surface area contributed by atoms with Crippen molar-refractivity contribution in [3.63, 3.8) is 0 Å². The van der Waals surface area contributed by atoms with Crippen LogP contribution in [0.5, 0.6) is 0 Å². The molecule has 4 bridgehead atoms. The van der Waals surface area contributed by atoms with Crippen LogP contribution in [0.3, 0.4) is 0 Å². The predicted octanol–water partition coefficient (Wildman–Crippen LogP) is 1.40. The Bertz CT molecular complexity index is 1210. The third-order valence-electron chi connectivity index (χ3n) is 4.65. The van der Waals surface area contributed by atoms with Gasteiger partial charge < -0.3 is 15.4 Å². The second-order valence-corrected chi connectivity index (χ2v) is 6.87. The fourth-order valence-corrected chi connectivity index (χ4v) is 3.29. The quantitative estimate of drug-likeness (QED) is 0.476. The van der Waals surface area contributed by atoms with Gasteiger partial charge in [0.15, 0.2) is 17.2 Å². The van der Waals surface area contributed by atoms with Crippen LogP contribution in [0.15, 0.2) is 30.5 Å². The molecule has 0 fully saturated rings. The van der Waals surface area contributed by atoms with Gasteiger partial charge in [-0.3, -0.25) is 4.79 Å². The van der Waals surface area contributed by atoms with E-state index < -0.39 is 0 Å². The molecule has 0 saturated heterocycles. The molecule has 0 saturated carbocycles. The number of aryl methyl sites for hydroxylation is 1. The molecule has 0 unspecified atom stereocenters. The Labute approximate surface area is 159 Å². The number of hydrogen-bond acceptors (Lipinski definition) is 7. The van der Waals surface area contributed by atoms with Crippen molar-refractivity contribution >= 4 is 34.1 Å². The summed E-state index contributed by atoms with van der Waals surface area (Å²) in [6, 6.07) is 7.43. The zero-order valence-corrected chi connectivity index (χ0v) is 15.4. The molecule has 4 heterocycles. The fraction of sp³-hybridized carbons (Fsp3) is 0.278. The first-order valence-electron chi connectivity index (χ1n) is 8.91. The summed E-state index contributed by atoms with van der Waals surface area (Å²) in [5.41, 5.74) is 4.32. The summed E-state index contributed by atoms with van der Waals surface area (Å²) in [6.07, 6.45) is 1.52. The van der Waals surface area contributed by atoms with Gasteiger partial charge in [-0.05, 0) is 36.8 Å². The number of aromatic nitrogens is 6. The van der Waals surface area contributed by atoms with E-state index in [-0.39, 0.29) is 11.9 Å². The monoisotopic (exact) mass is 378 g/mol. The summed E-state index contributed by atoms with van der Waals surface area (Å²) in [7, 11) is 1.85. The molecule has 5 rings (SSSR count). The molecule has 28 heavy (non-hydrogen) atoms. The van der Waals surface area contributed by atoms with E-state index in [9.17, 15) is 4.79 Å². The van der Waals surface area contributed by atoms with Gasteiger partial charge >= 0.3 is 0 Å². The zero-order valence-electron chi connectivity index (χ0n) is 15.4. The topological polar surface area (TPSA) is 111 Å². The average molecular weight is 378 g/mol. The van der Waals surface area contributed by atoms with Gasteiger partial charge in [0.2, 0.25) is 0 Å². The highest BCUT2D eigenvalue weighted by Crippen LogP contribution is 2.26. The van der Waals surface area contributed by atoms with Crippen molar-refractivity contribution in [2.45, 2.75) is 19.6 Å². The van der Waals surface area contributed by atoms with Gasteiger partial charge in [-0.15, -0.1) is 10.2 Å². The molecule has 0 spiro atoms. The van der Waals surface area contributed by atoms with E-state index in [2.05, 4.69) is 31.0 Å².